The number of fused-ring (bicyclic) bond motifs is 1. The van der Waals surface area contributed by atoms with Crippen molar-refractivity contribution in [2.75, 3.05) is 0 Å². The van der Waals surface area contributed by atoms with Gasteiger partial charge in [0.25, 0.3) is 0 Å². The van der Waals surface area contributed by atoms with Crippen molar-refractivity contribution in [1.82, 2.24) is 24.5 Å². The summed E-state index contributed by atoms with van der Waals surface area (Å²) in [5, 5.41) is 9.10. The molecule has 1 aromatic carbocycles. The molecule has 4 rings (SSSR count). The molecule has 136 valence electrons. The summed E-state index contributed by atoms with van der Waals surface area (Å²) in [5.41, 5.74) is 4.11. The molecule has 3 aromatic heterocycles. The Kier molecular flexibility index (Phi) is 4.45. The molecule has 0 saturated heterocycles. The first-order valence-electron chi connectivity index (χ1n) is 8.32. The van der Waals surface area contributed by atoms with Gasteiger partial charge < -0.3 is 9.55 Å². The zero-order valence-corrected chi connectivity index (χ0v) is 16.2. The van der Waals surface area contributed by atoms with Gasteiger partial charge in [0.1, 0.15) is 22.3 Å². The summed E-state index contributed by atoms with van der Waals surface area (Å²) in [7, 11) is 0. The number of imidazole rings is 1. The number of nitrogens with one attached hydrogen (secondary N) is 2. The Balaban J connectivity index is 1.94. The predicted octanol–water partition coefficient (Wildman–Crippen LogP) is 4.27. The summed E-state index contributed by atoms with van der Waals surface area (Å²) in [5.74, 6) is 1.34. The number of aromatic amines is 1. The average molecular weight is 399 g/mol. The molecule has 3 heterocycles. The van der Waals surface area contributed by atoms with E-state index in [1.54, 1.807) is 12.3 Å². The molecule has 8 heteroatoms. The second-order valence-corrected chi connectivity index (χ2v) is 7.02. The van der Waals surface area contributed by atoms with Crippen LogP contribution in [0.3, 0.4) is 0 Å². The van der Waals surface area contributed by atoms with Crippen LogP contribution < -0.4 is 5.49 Å². The van der Waals surface area contributed by atoms with Gasteiger partial charge >= 0.3 is 0 Å². The molecule has 27 heavy (non-hydrogen) atoms. The Bertz CT molecular complexity index is 1200. The zero-order valence-electron chi connectivity index (χ0n) is 14.7. The van der Waals surface area contributed by atoms with Gasteiger partial charge in [0.2, 0.25) is 0 Å². The molecule has 4 aromatic rings. The van der Waals surface area contributed by atoms with Gasteiger partial charge in [-0.25, -0.2) is 15.0 Å². The minimum absolute atomic E-state index is 0.148. The highest BCUT2D eigenvalue weighted by Crippen LogP contribution is 2.26. The van der Waals surface area contributed by atoms with E-state index < -0.39 is 0 Å². The van der Waals surface area contributed by atoms with E-state index in [4.69, 9.17) is 33.6 Å². The number of hydrogen-bond acceptors (Lipinski definition) is 4. The van der Waals surface area contributed by atoms with E-state index in [0.717, 1.165) is 11.1 Å². The third kappa shape index (κ3) is 3.11. The van der Waals surface area contributed by atoms with Crippen LogP contribution in [0.5, 0.6) is 0 Å². The van der Waals surface area contributed by atoms with Gasteiger partial charge in [0.05, 0.1) is 11.6 Å². The molecule has 0 amide bonds. The van der Waals surface area contributed by atoms with Crippen LogP contribution in [-0.4, -0.2) is 24.5 Å². The second kappa shape index (κ2) is 6.79. The Morgan fingerprint density at radius 2 is 1.89 bits per heavy atom. The molecule has 0 unspecified atom stereocenters. The van der Waals surface area contributed by atoms with Crippen molar-refractivity contribution in [3.05, 3.63) is 69.1 Å². The van der Waals surface area contributed by atoms with Gasteiger partial charge in [-0.05, 0) is 25.5 Å². The van der Waals surface area contributed by atoms with Gasteiger partial charge in [-0.3, -0.25) is 5.41 Å². The summed E-state index contributed by atoms with van der Waals surface area (Å²) in [6, 6.07) is 9.66. The van der Waals surface area contributed by atoms with E-state index in [1.807, 2.05) is 42.7 Å². The fourth-order valence-electron chi connectivity index (χ4n) is 3.06. The van der Waals surface area contributed by atoms with E-state index in [0.29, 0.717) is 45.1 Å². The number of rotatable bonds is 3. The van der Waals surface area contributed by atoms with Crippen molar-refractivity contribution in [2.24, 2.45) is 0 Å². The predicted molar refractivity (Wildman–Crippen MR) is 106 cm³/mol. The minimum Gasteiger partial charge on any atom is -0.334 e. The number of aromatic nitrogens is 5. The summed E-state index contributed by atoms with van der Waals surface area (Å²) < 4.78 is 1.89. The number of halogens is 2. The van der Waals surface area contributed by atoms with Crippen LogP contribution in [0.2, 0.25) is 10.2 Å². The van der Waals surface area contributed by atoms with Crippen molar-refractivity contribution in [3.8, 4) is 11.4 Å². The van der Waals surface area contributed by atoms with Crippen LogP contribution in [0.1, 0.15) is 17.0 Å². The summed E-state index contributed by atoms with van der Waals surface area (Å²) >= 11 is 12.6. The molecule has 2 N–H and O–H groups in total. The monoisotopic (exact) mass is 398 g/mol. The van der Waals surface area contributed by atoms with Crippen LogP contribution in [0, 0.1) is 19.3 Å². The molecule has 0 fully saturated rings. The maximum Gasteiger partial charge on any atom is 0.174 e. The maximum absolute atomic E-state index is 8.23. The lowest BCUT2D eigenvalue weighted by Gasteiger charge is -2.12. The normalized spacial score (nSPS) is 11.3. The number of hydrogen-bond donors (Lipinski definition) is 2. The molecule has 0 bridgehead atoms. The molecule has 0 aliphatic heterocycles. The van der Waals surface area contributed by atoms with Crippen LogP contribution in [0.15, 0.2) is 36.5 Å². The van der Waals surface area contributed by atoms with E-state index in [1.165, 1.54) is 0 Å². The van der Waals surface area contributed by atoms with Crippen LogP contribution in [0.25, 0.3) is 22.6 Å². The first kappa shape index (κ1) is 17.7. The quantitative estimate of drug-likeness (QED) is 0.505. The number of benzene rings is 1. The van der Waals surface area contributed by atoms with Crippen molar-refractivity contribution < 1.29 is 0 Å². The number of pyridine rings is 1. The van der Waals surface area contributed by atoms with Gasteiger partial charge in [0.15, 0.2) is 11.1 Å². The lowest BCUT2D eigenvalue weighted by Crippen LogP contribution is -2.18. The fourth-order valence-corrected chi connectivity index (χ4v) is 3.53. The smallest absolute Gasteiger partial charge is 0.174 e. The topological polar surface area (TPSA) is 83.2 Å². The molecule has 0 aliphatic carbocycles. The summed E-state index contributed by atoms with van der Waals surface area (Å²) in [6.45, 7) is 4.22. The Morgan fingerprint density at radius 3 is 2.63 bits per heavy atom. The average Bonchev–Trinajstić information content (AvgIpc) is 3.06. The molecule has 0 aliphatic rings. The third-order valence-electron chi connectivity index (χ3n) is 4.50. The standard InChI is InChI=1S/C19H16Cl2N6/c1-10-5-3-4-6-12(10)18-25-15-17(22)24-11(2)27(19(15)26-18)9-13-14(20)7-8-23-16(13)21/h3-8,22H,9H2,1-2H3,(H,25,26). The highest BCUT2D eigenvalue weighted by atomic mass is 35.5. The van der Waals surface area contributed by atoms with Crippen molar-refractivity contribution in [1.29, 1.82) is 5.41 Å². The highest BCUT2D eigenvalue weighted by Gasteiger charge is 2.16. The number of H-pyrrole nitrogens is 1. The molecular formula is C19H16Cl2N6. The number of aryl methyl sites for hydroxylation is 2. The van der Waals surface area contributed by atoms with Crippen molar-refractivity contribution >= 4 is 34.4 Å². The highest BCUT2D eigenvalue weighted by molar-refractivity contribution is 6.35. The van der Waals surface area contributed by atoms with Gasteiger partial charge in [0, 0.05) is 17.3 Å². The largest absolute Gasteiger partial charge is 0.334 e. The minimum atomic E-state index is 0.148. The van der Waals surface area contributed by atoms with Crippen LogP contribution in [0.4, 0.5) is 0 Å². The van der Waals surface area contributed by atoms with Crippen LogP contribution >= 0.6 is 23.2 Å². The molecule has 0 saturated carbocycles. The summed E-state index contributed by atoms with van der Waals surface area (Å²) in [4.78, 5) is 16.5. The SMILES string of the molecule is Cc1ccccc1-c1nc2c([nH]1)c(=N)nc(C)n2Cc1c(Cl)ccnc1Cl. The Hall–Kier alpha value is -2.70. The first-order valence-corrected chi connectivity index (χ1v) is 9.08. The molecule has 0 atom stereocenters. The van der Waals surface area contributed by atoms with Gasteiger partial charge in [-0.1, -0.05) is 47.5 Å². The first-order chi connectivity index (χ1) is 13.0. The maximum atomic E-state index is 8.23. The van der Waals surface area contributed by atoms with E-state index in [-0.39, 0.29) is 5.49 Å². The van der Waals surface area contributed by atoms with Crippen molar-refractivity contribution in [2.45, 2.75) is 20.4 Å². The lowest BCUT2D eigenvalue weighted by molar-refractivity contribution is 0.741. The Labute approximate surface area is 165 Å². The van der Waals surface area contributed by atoms with Crippen molar-refractivity contribution in [3.63, 3.8) is 0 Å². The molecule has 0 spiro atoms. The molecule has 0 radical (unpaired) electrons. The van der Waals surface area contributed by atoms with E-state index in [2.05, 4.69) is 15.0 Å². The van der Waals surface area contributed by atoms with Gasteiger partial charge in [-0.2, -0.15) is 0 Å². The van der Waals surface area contributed by atoms with Gasteiger partial charge in [-0.15, -0.1) is 0 Å². The number of nitrogens with zero attached hydrogens (tertiary/aromatic N) is 4. The molecular weight excluding hydrogens is 383 g/mol. The lowest BCUT2D eigenvalue weighted by atomic mass is 10.1. The summed E-state index contributed by atoms with van der Waals surface area (Å²) in [6.07, 6.45) is 1.57. The van der Waals surface area contributed by atoms with Crippen LogP contribution in [-0.2, 0) is 6.54 Å². The fraction of sp³-hybridized carbons (Fsp3) is 0.158. The Morgan fingerprint density at radius 1 is 1.11 bits per heavy atom. The second-order valence-electron chi connectivity index (χ2n) is 6.25. The third-order valence-corrected chi connectivity index (χ3v) is 5.18. The van der Waals surface area contributed by atoms with E-state index >= 15 is 0 Å². The zero-order chi connectivity index (χ0) is 19.1. The molecule has 6 nitrogen and oxygen atoms in total. The van der Waals surface area contributed by atoms with E-state index in [9.17, 15) is 0 Å².